The number of fused-ring (bicyclic) bond motifs is 1. The molecule has 0 radical (unpaired) electrons. The first-order chi connectivity index (χ1) is 12.5. The number of benzene rings is 1. The number of oxazole rings is 1. The molecular weight excluding hydrogens is 332 g/mol. The first-order valence-corrected chi connectivity index (χ1v) is 8.70. The smallest absolute Gasteiger partial charge is 0.408 e. The predicted molar refractivity (Wildman–Crippen MR) is 96.1 cm³/mol. The van der Waals surface area contributed by atoms with Crippen molar-refractivity contribution in [3.8, 4) is 0 Å². The first-order valence-electron chi connectivity index (χ1n) is 8.70. The maximum Gasteiger partial charge on any atom is 0.419 e. The van der Waals surface area contributed by atoms with Gasteiger partial charge < -0.3 is 9.32 Å². The van der Waals surface area contributed by atoms with E-state index >= 15 is 0 Å². The third-order valence-electron chi connectivity index (χ3n) is 4.94. The third-order valence-corrected chi connectivity index (χ3v) is 4.94. The Hall–Kier alpha value is -2.96. The highest BCUT2D eigenvalue weighted by Gasteiger charge is 2.27. The summed E-state index contributed by atoms with van der Waals surface area (Å²) in [5.41, 5.74) is 3.50. The number of nitrogens with zero attached hydrogens (tertiary/aromatic N) is 4. The zero-order valence-electron chi connectivity index (χ0n) is 14.8. The Morgan fingerprint density at radius 2 is 2.15 bits per heavy atom. The Labute approximate surface area is 150 Å². The summed E-state index contributed by atoms with van der Waals surface area (Å²) in [6.07, 6.45) is 5.45. The monoisotopic (exact) mass is 352 g/mol. The van der Waals surface area contributed by atoms with Crippen LogP contribution in [0.3, 0.4) is 0 Å². The van der Waals surface area contributed by atoms with Gasteiger partial charge in [-0.15, -0.1) is 0 Å². The van der Waals surface area contributed by atoms with Crippen molar-refractivity contribution in [2.24, 2.45) is 7.05 Å². The van der Waals surface area contributed by atoms with Crippen molar-refractivity contribution in [3.63, 3.8) is 0 Å². The minimum atomic E-state index is -0.430. The molecule has 0 N–H and O–H groups in total. The van der Waals surface area contributed by atoms with Gasteiger partial charge in [0.15, 0.2) is 5.58 Å². The number of carbonyl (C=O) groups excluding carboxylic acids is 1. The fraction of sp³-hybridized carbons (Fsp3) is 0.368. The summed E-state index contributed by atoms with van der Waals surface area (Å²) in [7, 11) is 1.63. The highest BCUT2D eigenvalue weighted by atomic mass is 16.4. The molecule has 7 heteroatoms. The van der Waals surface area contributed by atoms with Gasteiger partial charge in [-0.05, 0) is 38.0 Å². The Morgan fingerprint density at radius 1 is 1.31 bits per heavy atom. The molecule has 0 aliphatic carbocycles. The Balaban J connectivity index is 1.59. The van der Waals surface area contributed by atoms with Crippen LogP contribution in [0.5, 0.6) is 0 Å². The van der Waals surface area contributed by atoms with E-state index in [1.54, 1.807) is 37.6 Å². The molecule has 1 saturated heterocycles. The maximum atomic E-state index is 13.0. The first kappa shape index (κ1) is 16.5. The van der Waals surface area contributed by atoms with Gasteiger partial charge in [-0.1, -0.05) is 0 Å². The van der Waals surface area contributed by atoms with Crippen molar-refractivity contribution in [2.75, 3.05) is 13.1 Å². The van der Waals surface area contributed by atoms with Crippen LogP contribution in [0, 0.1) is 6.92 Å². The molecule has 1 aliphatic heterocycles. The van der Waals surface area contributed by atoms with Crippen LogP contribution in [0.25, 0.3) is 11.1 Å². The van der Waals surface area contributed by atoms with E-state index in [0.717, 1.165) is 30.8 Å². The second kappa shape index (κ2) is 6.40. The van der Waals surface area contributed by atoms with Crippen LogP contribution >= 0.6 is 0 Å². The molecular formula is C19H20N4O3. The summed E-state index contributed by atoms with van der Waals surface area (Å²) in [6.45, 7) is 3.27. The molecule has 0 spiro atoms. The lowest BCUT2D eigenvalue weighted by Gasteiger charge is -2.32. The minimum absolute atomic E-state index is 0.0362. The third kappa shape index (κ3) is 2.89. The van der Waals surface area contributed by atoms with Crippen LogP contribution in [0.1, 0.15) is 40.5 Å². The van der Waals surface area contributed by atoms with Crippen LogP contribution in [0.2, 0.25) is 0 Å². The highest BCUT2D eigenvalue weighted by molar-refractivity contribution is 5.97. The second-order valence-electron chi connectivity index (χ2n) is 6.79. The SMILES string of the molecule is Cc1cncc(C2CCCN(C(=O)c3ccc4oc(=O)n(C)c4c3)C2)n1. The Morgan fingerprint density at radius 3 is 2.96 bits per heavy atom. The zero-order valence-corrected chi connectivity index (χ0v) is 14.8. The average Bonchev–Trinajstić information content (AvgIpc) is 2.95. The number of piperidine rings is 1. The van der Waals surface area contributed by atoms with E-state index in [0.29, 0.717) is 23.2 Å². The lowest BCUT2D eigenvalue weighted by atomic mass is 9.94. The molecule has 1 unspecified atom stereocenters. The van der Waals surface area contributed by atoms with Gasteiger partial charge in [0.1, 0.15) is 0 Å². The van der Waals surface area contributed by atoms with E-state index in [2.05, 4.69) is 9.97 Å². The van der Waals surface area contributed by atoms with Crippen LogP contribution in [-0.2, 0) is 7.05 Å². The van der Waals surface area contributed by atoms with Crippen LogP contribution < -0.4 is 5.76 Å². The van der Waals surface area contributed by atoms with Crippen molar-refractivity contribution in [1.82, 2.24) is 19.4 Å². The second-order valence-corrected chi connectivity index (χ2v) is 6.79. The Bertz CT molecular complexity index is 1040. The molecule has 1 aliphatic rings. The molecule has 4 rings (SSSR count). The van der Waals surface area contributed by atoms with E-state index in [-0.39, 0.29) is 11.8 Å². The number of hydrogen-bond donors (Lipinski definition) is 0. The van der Waals surface area contributed by atoms with E-state index in [1.807, 2.05) is 11.8 Å². The molecule has 3 heterocycles. The lowest BCUT2D eigenvalue weighted by Crippen LogP contribution is -2.39. The van der Waals surface area contributed by atoms with Gasteiger partial charge in [0, 0.05) is 44.0 Å². The molecule has 1 atom stereocenters. The summed E-state index contributed by atoms with van der Waals surface area (Å²) < 4.78 is 6.54. The maximum absolute atomic E-state index is 13.0. The van der Waals surface area contributed by atoms with Gasteiger partial charge in [0.05, 0.1) is 16.9 Å². The quantitative estimate of drug-likeness (QED) is 0.706. The molecule has 0 saturated carbocycles. The number of aromatic nitrogens is 3. The van der Waals surface area contributed by atoms with E-state index in [4.69, 9.17) is 4.42 Å². The molecule has 2 aromatic heterocycles. The van der Waals surface area contributed by atoms with Gasteiger partial charge in [-0.3, -0.25) is 19.3 Å². The number of rotatable bonds is 2. The topological polar surface area (TPSA) is 81.2 Å². The van der Waals surface area contributed by atoms with Crippen LogP contribution in [0.15, 0.2) is 39.8 Å². The van der Waals surface area contributed by atoms with E-state index < -0.39 is 5.76 Å². The molecule has 7 nitrogen and oxygen atoms in total. The Kier molecular flexibility index (Phi) is 4.06. The van der Waals surface area contributed by atoms with Gasteiger partial charge in [0.2, 0.25) is 0 Å². The highest BCUT2D eigenvalue weighted by Crippen LogP contribution is 2.27. The molecule has 134 valence electrons. The number of aryl methyl sites for hydroxylation is 2. The fourth-order valence-corrected chi connectivity index (χ4v) is 3.52. The summed E-state index contributed by atoms with van der Waals surface area (Å²) in [5.74, 6) is -0.270. The summed E-state index contributed by atoms with van der Waals surface area (Å²) in [4.78, 5) is 35.3. The van der Waals surface area contributed by atoms with Crippen molar-refractivity contribution in [3.05, 3.63) is 58.1 Å². The number of likely N-dealkylation sites (tertiary alicyclic amines) is 1. The van der Waals surface area contributed by atoms with Gasteiger partial charge >= 0.3 is 5.76 Å². The number of carbonyl (C=O) groups is 1. The van der Waals surface area contributed by atoms with Crippen molar-refractivity contribution >= 4 is 17.0 Å². The average molecular weight is 352 g/mol. The molecule has 3 aromatic rings. The van der Waals surface area contributed by atoms with E-state index in [9.17, 15) is 9.59 Å². The summed E-state index contributed by atoms with van der Waals surface area (Å²) >= 11 is 0. The zero-order chi connectivity index (χ0) is 18.3. The number of hydrogen-bond acceptors (Lipinski definition) is 5. The lowest BCUT2D eigenvalue weighted by molar-refractivity contribution is 0.0706. The van der Waals surface area contributed by atoms with Crippen molar-refractivity contribution in [1.29, 1.82) is 0 Å². The molecule has 1 aromatic carbocycles. The molecule has 0 bridgehead atoms. The molecule has 26 heavy (non-hydrogen) atoms. The minimum Gasteiger partial charge on any atom is -0.408 e. The van der Waals surface area contributed by atoms with Crippen LogP contribution in [0.4, 0.5) is 0 Å². The van der Waals surface area contributed by atoms with E-state index in [1.165, 1.54) is 4.57 Å². The number of amides is 1. The van der Waals surface area contributed by atoms with Gasteiger partial charge in [0.25, 0.3) is 5.91 Å². The summed E-state index contributed by atoms with van der Waals surface area (Å²) in [5, 5.41) is 0. The molecule has 1 fully saturated rings. The largest absolute Gasteiger partial charge is 0.419 e. The van der Waals surface area contributed by atoms with Crippen molar-refractivity contribution < 1.29 is 9.21 Å². The summed E-state index contributed by atoms with van der Waals surface area (Å²) in [6, 6.07) is 5.11. The fourth-order valence-electron chi connectivity index (χ4n) is 3.52. The molecule has 1 amide bonds. The standard InChI is InChI=1S/C19H20N4O3/c1-12-9-20-10-15(21-12)14-4-3-7-23(11-14)18(24)13-5-6-17-16(8-13)22(2)19(25)26-17/h5-6,8-10,14H,3-4,7,11H2,1-2H3. The van der Waals surface area contributed by atoms with Crippen LogP contribution in [-0.4, -0.2) is 38.4 Å². The van der Waals surface area contributed by atoms with Gasteiger partial charge in [-0.25, -0.2) is 4.79 Å². The van der Waals surface area contributed by atoms with Crippen molar-refractivity contribution in [2.45, 2.75) is 25.7 Å². The normalized spacial score (nSPS) is 17.6. The van der Waals surface area contributed by atoms with Gasteiger partial charge in [-0.2, -0.15) is 0 Å². The predicted octanol–water partition coefficient (Wildman–Crippen LogP) is 2.25.